The highest BCUT2D eigenvalue weighted by molar-refractivity contribution is 7.92. The maximum atomic E-state index is 14.6. The van der Waals surface area contributed by atoms with Gasteiger partial charge in [0.25, 0.3) is 10.0 Å². The van der Waals surface area contributed by atoms with Gasteiger partial charge in [-0.2, -0.15) is 0 Å². The minimum atomic E-state index is -4.27. The summed E-state index contributed by atoms with van der Waals surface area (Å²) in [6, 6.07) is 25.9. The molecule has 0 heterocycles. The summed E-state index contributed by atoms with van der Waals surface area (Å²) in [5.74, 6) is -1.03. The smallest absolute Gasteiger partial charge is 0.264 e. The third kappa shape index (κ3) is 8.82. The molecule has 0 radical (unpaired) electrons. The molecule has 0 aliphatic carbocycles. The second kappa shape index (κ2) is 14.9. The van der Waals surface area contributed by atoms with E-state index in [2.05, 4.69) is 5.32 Å². The minimum absolute atomic E-state index is 0.0417. The monoisotopic (exact) mass is 699 g/mol. The number of hydrogen-bond acceptors (Lipinski definition) is 4. The summed E-state index contributed by atoms with van der Waals surface area (Å²) < 4.78 is 29.5. The quantitative estimate of drug-likeness (QED) is 0.174. The number of amides is 2. The Hall–Kier alpha value is -3.56. The number of hydrogen-bond donors (Lipinski definition) is 1. The fourth-order valence-corrected chi connectivity index (χ4v) is 7.07. The second-order valence-corrected chi connectivity index (χ2v) is 15.0. The van der Waals surface area contributed by atoms with Crippen LogP contribution in [0.2, 0.25) is 15.1 Å². The number of benzene rings is 4. The Morgan fingerprint density at radius 2 is 1.39 bits per heavy atom. The van der Waals surface area contributed by atoms with Gasteiger partial charge < -0.3 is 10.2 Å². The molecule has 4 rings (SSSR count). The molecule has 0 saturated heterocycles. The van der Waals surface area contributed by atoms with Crippen LogP contribution in [0.5, 0.6) is 0 Å². The summed E-state index contributed by atoms with van der Waals surface area (Å²) in [5.41, 5.74) is 1.58. The van der Waals surface area contributed by atoms with Crippen LogP contribution in [0.25, 0.3) is 0 Å². The van der Waals surface area contributed by atoms with Gasteiger partial charge in [0.15, 0.2) is 0 Å². The SMILES string of the molecule is Cc1ccccc1N(CC(=O)N(Cc1c(Cl)cccc1Cl)[C@@H](Cc1ccccc1)C(=O)NC(C)(C)C)S(=O)(=O)c1ccc(Cl)cc1. The lowest BCUT2D eigenvalue weighted by Gasteiger charge is -2.36. The summed E-state index contributed by atoms with van der Waals surface area (Å²) in [6.45, 7) is 6.56. The molecule has 0 saturated carbocycles. The zero-order chi connectivity index (χ0) is 33.6. The molecule has 1 N–H and O–H groups in total. The maximum Gasteiger partial charge on any atom is 0.264 e. The normalized spacial score (nSPS) is 12.3. The largest absolute Gasteiger partial charge is 0.350 e. The predicted molar refractivity (Wildman–Crippen MR) is 186 cm³/mol. The number of rotatable bonds is 11. The number of para-hydroxylation sites is 1. The van der Waals surface area contributed by atoms with E-state index in [1.807, 2.05) is 51.1 Å². The molecule has 0 aromatic heterocycles. The molecule has 2 amide bonds. The minimum Gasteiger partial charge on any atom is -0.350 e. The number of carbonyl (C=O) groups is 2. The van der Waals surface area contributed by atoms with Crippen LogP contribution in [-0.4, -0.2) is 43.3 Å². The third-order valence-electron chi connectivity index (χ3n) is 7.22. The van der Waals surface area contributed by atoms with Gasteiger partial charge in [-0.1, -0.05) is 89.4 Å². The number of aryl methyl sites for hydroxylation is 1. The first-order chi connectivity index (χ1) is 21.7. The zero-order valence-electron chi connectivity index (χ0n) is 26.0. The molecule has 242 valence electrons. The van der Waals surface area contributed by atoms with Crippen molar-refractivity contribution in [3.8, 4) is 0 Å². The molecule has 0 unspecified atom stereocenters. The summed E-state index contributed by atoms with van der Waals surface area (Å²) in [6.07, 6.45) is 0.158. The second-order valence-electron chi connectivity index (χ2n) is 11.9. The van der Waals surface area contributed by atoms with Crippen molar-refractivity contribution in [2.75, 3.05) is 10.8 Å². The Morgan fingerprint density at radius 1 is 0.804 bits per heavy atom. The fraction of sp³-hybridized carbons (Fsp3) is 0.257. The van der Waals surface area contributed by atoms with Gasteiger partial charge in [-0.25, -0.2) is 8.42 Å². The van der Waals surface area contributed by atoms with E-state index in [0.29, 0.717) is 31.9 Å². The van der Waals surface area contributed by atoms with Crippen LogP contribution >= 0.6 is 34.8 Å². The van der Waals surface area contributed by atoms with E-state index in [4.69, 9.17) is 34.8 Å². The average Bonchev–Trinajstić information content (AvgIpc) is 2.99. The number of carbonyl (C=O) groups excluding carboxylic acids is 2. The van der Waals surface area contributed by atoms with E-state index >= 15 is 0 Å². The lowest BCUT2D eigenvalue weighted by atomic mass is 10.0. The Balaban J connectivity index is 1.86. The molecule has 0 aliphatic rings. The zero-order valence-corrected chi connectivity index (χ0v) is 29.1. The van der Waals surface area contributed by atoms with E-state index in [0.717, 1.165) is 9.87 Å². The van der Waals surface area contributed by atoms with Crippen LogP contribution in [0.15, 0.2) is 102 Å². The first kappa shape index (κ1) is 35.3. The summed E-state index contributed by atoms with van der Waals surface area (Å²) in [5, 5.41) is 3.99. The van der Waals surface area contributed by atoms with Crippen LogP contribution < -0.4 is 9.62 Å². The van der Waals surface area contributed by atoms with E-state index < -0.39 is 40.0 Å². The van der Waals surface area contributed by atoms with Gasteiger partial charge in [0.05, 0.1) is 10.6 Å². The molecular weight excluding hydrogens is 665 g/mol. The standard InChI is InChI=1S/C35H36Cl3N3O4S/c1-24-11-8-9-16-31(24)41(46(44,45)27-19-17-26(36)18-20-27)23-33(42)40(22-28-29(37)14-10-15-30(28)38)32(34(43)39-35(2,3)4)21-25-12-6-5-7-13-25/h5-20,32H,21-23H2,1-4H3,(H,39,43)/t32-/m0/s1. The van der Waals surface area contributed by atoms with Crippen LogP contribution in [-0.2, 0) is 32.6 Å². The van der Waals surface area contributed by atoms with Gasteiger partial charge in [0, 0.05) is 39.1 Å². The number of nitrogens with zero attached hydrogens (tertiary/aromatic N) is 2. The lowest BCUT2D eigenvalue weighted by molar-refractivity contribution is -0.140. The predicted octanol–water partition coefficient (Wildman–Crippen LogP) is 7.71. The van der Waals surface area contributed by atoms with Crippen molar-refractivity contribution in [1.82, 2.24) is 10.2 Å². The number of halogens is 3. The van der Waals surface area contributed by atoms with Gasteiger partial charge in [0.2, 0.25) is 11.8 Å². The topological polar surface area (TPSA) is 86.8 Å². The number of nitrogens with one attached hydrogen (secondary N) is 1. The molecule has 0 spiro atoms. The van der Waals surface area contributed by atoms with Gasteiger partial charge >= 0.3 is 0 Å². The van der Waals surface area contributed by atoms with Gasteiger partial charge in [0.1, 0.15) is 12.6 Å². The highest BCUT2D eigenvalue weighted by Crippen LogP contribution is 2.30. The highest BCUT2D eigenvalue weighted by atomic mass is 35.5. The van der Waals surface area contributed by atoms with Crippen LogP contribution in [0.1, 0.15) is 37.5 Å². The van der Waals surface area contributed by atoms with Crippen molar-refractivity contribution in [3.05, 3.63) is 129 Å². The van der Waals surface area contributed by atoms with Gasteiger partial charge in [-0.05, 0) is 81.3 Å². The van der Waals surface area contributed by atoms with Crippen molar-refractivity contribution in [2.24, 2.45) is 0 Å². The van der Waals surface area contributed by atoms with Crippen molar-refractivity contribution >= 4 is 62.3 Å². The Kier molecular flexibility index (Phi) is 11.4. The van der Waals surface area contributed by atoms with Crippen LogP contribution in [0.4, 0.5) is 5.69 Å². The third-order valence-corrected chi connectivity index (χ3v) is 9.96. The lowest BCUT2D eigenvalue weighted by Crippen LogP contribution is -2.56. The van der Waals surface area contributed by atoms with Crippen molar-refractivity contribution in [2.45, 2.75) is 57.1 Å². The van der Waals surface area contributed by atoms with Crippen LogP contribution in [0, 0.1) is 6.92 Å². The summed E-state index contributed by atoms with van der Waals surface area (Å²) >= 11 is 19.2. The van der Waals surface area contributed by atoms with Crippen molar-refractivity contribution in [1.29, 1.82) is 0 Å². The molecule has 4 aromatic carbocycles. The molecular formula is C35H36Cl3N3O4S. The molecule has 0 aliphatic heterocycles. The molecule has 7 nitrogen and oxygen atoms in total. The fourth-order valence-electron chi connectivity index (χ4n) is 4.95. The number of anilines is 1. The number of sulfonamides is 1. The Labute approximate surface area is 286 Å². The highest BCUT2D eigenvalue weighted by Gasteiger charge is 2.36. The van der Waals surface area contributed by atoms with Gasteiger partial charge in [-0.3, -0.25) is 13.9 Å². The first-order valence-corrected chi connectivity index (χ1v) is 17.2. The van der Waals surface area contributed by atoms with E-state index in [1.54, 1.807) is 49.4 Å². The average molecular weight is 701 g/mol. The maximum absolute atomic E-state index is 14.6. The molecule has 4 aromatic rings. The van der Waals surface area contributed by atoms with Crippen molar-refractivity contribution in [3.63, 3.8) is 0 Å². The Morgan fingerprint density at radius 3 is 1.98 bits per heavy atom. The Bertz CT molecular complexity index is 1770. The van der Waals surface area contributed by atoms with Gasteiger partial charge in [-0.15, -0.1) is 0 Å². The van der Waals surface area contributed by atoms with Crippen LogP contribution in [0.3, 0.4) is 0 Å². The molecule has 0 bridgehead atoms. The summed E-state index contributed by atoms with van der Waals surface area (Å²) in [4.78, 5) is 30.0. The molecule has 46 heavy (non-hydrogen) atoms. The summed E-state index contributed by atoms with van der Waals surface area (Å²) in [7, 11) is -4.27. The van der Waals surface area contributed by atoms with E-state index in [-0.39, 0.29) is 17.9 Å². The first-order valence-electron chi connectivity index (χ1n) is 14.6. The molecule has 0 fully saturated rings. The van der Waals surface area contributed by atoms with E-state index in [1.165, 1.54) is 29.2 Å². The molecule has 11 heteroatoms. The van der Waals surface area contributed by atoms with Crippen molar-refractivity contribution < 1.29 is 18.0 Å². The molecule has 1 atom stereocenters. The van der Waals surface area contributed by atoms with E-state index in [9.17, 15) is 18.0 Å².